The molecule has 1 aromatic carbocycles. The molecule has 0 saturated carbocycles. The van der Waals surface area contributed by atoms with Gasteiger partial charge in [0, 0.05) is 12.2 Å². The van der Waals surface area contributed by atoms with Gasteiger partial charge < -0.3 is 11.1 Å². The maximum absolute atomic E-state index is 10.8. The average molecular weight is 216 g/mol. The molecule has 0 spiro atoms. The number of hydrogen-bond acceptors (Lipinski definition) is 4. The van der Waals surface area contributed by atoms with Gasteiger partial charge in [-0.3, -0.25) is 4.55 Å². The van der Waals surface area contributed by atoms with Gasteiger partial charge in [0.05, 0.1) is 5.69 Å². The number of rotatable bonds is 3. The number of nitrogen functional groups attached to an aromatic ring is 1. The Hall–Kier alpha value is -1.27. The normalized spacial score (nSPS) is 11.3. The van der Waals surface area contributed by atoms with Crippen LogP contribution in [0.4, 0.5) is 11.4 Å². The summed E-state index contributed by atoms with van der Waals surface area (Å²) in [6, 6.07) is 4.28. The minimum Gasteiger partial charge on any atom is -0.398 e. The Morgan fingerprint density at radius 2 is 2.14 bits per heavy atom. The maximum atomic E-state index is 10.8. The van der Waals surface area contributed by atoms with Gasteiger partial charge in [-0.15, -0.1) is 0 Å². The summed E-state index contributed by atoms with van der Waals surface area (Å²) in [5.74, 6) is 0. The molecular formula is C8H12N2O3S. The SMILES string of the molecule is CCNc1ccc(S(=O)(=O)O)c(N)c1. The number of benzene rings is 1. The van der Waals surface area contributed by atoms with Gasteiger partial charge >= 0.3 is 0 Å². The lowest BCUT2D eigenvalue weighted by Gasteiger charge is -2.06. The van der Waals surface area contributed by atoms with E-state index in [-0.39, 0.29) is 10.6 Å². The van der Waals surface area contributed by atoms with Crippen LogP contribution in [0.3, 0.4) is 0 Å². The van der Waals surface area contributed by atoms with Crippen molar-refractivity contribution in [2.24, 2.45) is 0 Å². The lowest BCUT2D eigenvalue weighted by Crippen LogP contribution is -2.04. The molecule has 0 unspecified atom stereocenters. The third-order valence-electron chi connectivity index (χ3n) is 1.67. The summed E-state index contributed by atoms with van der Waals surface area (Å²) in [4.78, 5) is -0.265. The van der Waals surface area contributed by atoms with Crippen molar-refractivity contribution < 1.29 is 13.0 Å². The highest BCUT2D eigenvalue weighted by Gasteiger charge is 2.13. The molecule has 1 rings (SSSR count). The Balaban J connectivity index is 3.15. The molecule has 0 amide bonds. The quantitative estimate of drug-likeness (QED) is 0.516. The lowest BCUT2D eigenvalue weighted by atomic mass is 10.3. The van der Waals surface area contributed by atoms with Crippen LogP contribution in [-0.4, -0.2) is 19.5 Å². The fourth-order valence-corrected chi connectivity index (χ4v) is 1.69. The zero-order valence-corrected chi connectivity index (χ0v) is 8.50. The van der Waals surface area contributed by atoms with E-state index in [4.69, 9.17) is 10.3 Å². The number of nitrogens with two attached hydrogens (primary N) is 1. The summed E-state index contributed by atoms with van der Waals surface area (Å²) >= 11 is 0. The third-order valence-corrected chi connectivity index (χ3v) is 2.60. The van der Waals surface area contributed by atoms with Gasteiger partial charge in [0.2, 0.25) is 0 Å². The van der Waals surface area contributed by atoms with E-state index in [1.165, 1.54) is 12.1 Å². The van der Waals surface area contributed by atoms with Gasteiger partial charge in [-0.25, -0.2) is 0 Å². The third kappa shape index (κ3) is 2.36. The van der Waals surface area contributed by atoms with E-state index in [1.807, 2.05) is 6.92 Å². The first-order chi connectivity index (χ1) is 6.45. The summed E-state index contributed by atoms with van der Waals surface area (Å²) in [6.07, 6.45) is 0. The van der Waals surface area contributed by atoms with Crippen LogP contribution >= 0.6 is 0 Å². The summed E-state index contributed by atoms with van der Waals surface area (Å²) in [5.41, 5.74) is 6.21. The second kappa shape index (κ2) is 3.85. The zero-order chi connectivity index (χ0) is 10.8. The lowest BCUT2D eigenvalue weighted by molar-refractivity contribution is 0.483. The van der Waals surface area contributed by atoms with Crippen LogP contribution in [0.15, 0.2) is 23.1 Å². The van der Waals surface area contributed by atoms with E-state index in [1.54, 1.807) is 6.07 Å². The van der Waals surface area contributed by atoms with Crippen molar-refractivity contribution in [2.45, 2.75) is 11.8 Å². The summed E-state index contributed by atoms with van der Waals surface area (Å²) in [5, 5.41) is 2.97. The van der Waals surface area contributed by atoms with Gasteiger partial charge in [0.15, 0.2) is 0 Å². The average Bonchev–Trinajstić information content (AvgIpc) is 2.02. The van der Waals surface area contributed by atoms with Crippen LogP contribution in [0.2, 0.25) is 0 Å². The van der Waals surface area contributed by atoms with E-state index < -0.39 is 10.1 Å². The van der Waals surface area contributed by atoms with Crippen molar-refractivity contribution in [1.82, 2.24) is 0 Å². The molecule has 0 bridgehead atoms. The largest absolute Gasteiger partial charge is 0.398 e. The van der Waals surface area contributed by atoms with E-state index in [0.717, 1.165) is 5.69 Å². The van der Waals surface area contributed by atoms with Crippen LogP contribution < -0.4 is 11.1 Å². The van der Waals surface area contributed by atoms with Crippen LogP contribution in [0.1, 0.15) is 6.92 Å². The molecule has 6 heteroatoms. The molecular weight excluding hydrogens is 204 g/mol. The molecule has 0 heterocycles. The van der Waals surface area contributed by atoms with Crippen molar-refractivity contribution in [3.63, 3.8) is 0 Å². The monoisotopic (exact) mass is 216 g/mol. The summed E-state index contributed by atoms with van der Waals surface area (Å²) in [7, 11) is -4.22. The minimum absolute atomic E-state index is 0.0333. The number of nitrogens with one attached hydrogen (secondary N) is 1. The van der Waals surface area contributed by atoms with E-state index >= 15 is 0 Å². The Labute approximate surface area is 82.7 Å². The predicted molar refractivity (Wildman–Crippen MR) is 54.8 cm³/mol. The highest BCUT2D eigenvalue weighted by Crippen LogP contribution is 2.21. The summed E-state index contributed by atoms with van der Waals surface area (Å²) < 4.78 is 30.3. The van der Waals surface area contributed by atoms with Crippen LogP contribution in [0, 0.1) is 0 Å². The molecule has 78 valence electrons. The van der Waals surface area contributed by atoms with E-state index in [2.05, 4.69) is 5.32 Å². The van der Waals surface area contributed by atoms with Crippen LogP contribution in [-0.2, 0) is 10.1 Å². The molecule has 0 fully saturated rings. The molecule has 0 aliphatic rings. The van der Waals surface area contributed by atoms with Gasteiger partial charge in [-0.2, -0.15) is 8.42 Å². The highest BCUT2D eigenvalue weighted by atomic mass is 32.2. The van der Waals surface area contributed by atoms with Crippen molar-refractivity contribution in [2.75, 3.05) is 17.6 Å². The van der Waals surface area contributed by atoms with Crippen LogP contribution in [0.5, 0.6) is 0 Å². The second-order valence-corrected chi connectivity index (χ2v) is 4.15. The topological polar surface area (TPSA) is 92.4 Å². The standard InChI is InChI=1S/C8H12N2O3S/c1-2-10-6-3-4-8(7(9)5-6)14(11,12)13/h3-5,10H,2,9H2,1H3,(H,11,12,13). The Morgan fingerprint density at radius 3 is 2.57 bits per heavy atom. The van der Waals surface area contributed by atoms with E-state index in [0.29, 0.717) is 6.54 Å². The van der Waals surface area contributed by atoms with Gasteiger partial charge in [0.25, 0.3) is 10.1 Å². The van der Waals surface area contributed by atoms with E-state index in [9.17, 15) is 8.42 Å². The first-order valence-electron chi connectivity index (χ1n) is 4.06. The van der Waals surface area contributed by atoms with Crippen molar-refractivity contribution in [3.8, 4) is 0 Å². The molecule has 0 aliphatic heterocycles. The molecule has 14 heavy (non-hydrogen) atoms. The fraction of sp³-hybridized carbons (Fsp3) is 0.250. The fourth-order valence-electron chi connectivity index (χ4n) is 1.10. The number of hydrogen-bond donors (Lipinski definition) is 3. The smallest absolute Gasteiger partial charge is 0.296 e. The van der Waals surface area contributed by atoms with Crippen LogP contribution in [0.25, 0.3) is 0 Å². The van der Waals surface area contributed by atoms with Gasteiger partial charge in [-0.1, -0.05) is 0 Å². The highest BCUT2D eigenvalue weighted by molar-refractivity contribution is 7.86. The second-order valence-electron chi connectivity index (χ2n) is 2.76. The predicted octanol–water partition coefficient (Wildman–Crippen LogP) is 0.947. The zero-order valence-electron chi connectivity index (χ0n) is 7.69. The molecule has 0 atom stereocenters. The first kappa shape index (κ1) is 10.8. The summed E-state index contributed by atoms with van der Waals surface area (Å²) in [6.45, 7) is 2.62. The van der Waals surface area contributed by atoms with Crippen molar-refractivity contribution in [3.05, 3.63) is 18.2 Å². The maximum Gasteiger partial charge on any atom is 0.296 e. The van der Waals surface area contributed by atoms with Gasteiger partial charge in [-0.05, 0) is 25.1 Å². The molecule has 0 radical (unpaired) electrons. The molecule has 0 saturated heterocycles. The van der Waals surface area contributed by atoms with Crippen molar-refractivity contribution >= 4 is 21.5 Å². The molecule has 1 aromatic rings. The Kier molecular flexibility index (Phi) is 2.97. The van der Waals surface area contributed by atoms with Gasteiger partial charge in [0.1, 0.15) is 4.90 Å². The Morgan fingerprint density at radius 1 is 1.50 bits per heavy atom. The number of anilines is 2. The first-order valence-corrected chi connectivity index (χ1v) is 5.50. The van der Waals surface area contributed by atoms with Crippen molar-refractivity contribution in [1.29, 1.82) is 0 Å². The molecule has 5 nitrogen and oxygen atoms in total. The Bertz CT molecular complexity index is 428. The molecule has 4 N–H and O–H groups in total. The molecule has 0 aliphatic carbocycles. The minimum atomic E-state index is -4.22. The molecule has 0 aromatic heterocycles.